The lowest BCUT2D eigenvalue weighted by Gasteiger charge is -2.32. The van der Waals surface area contributed by atoms with Crippen molar-refractivity contribution in [3.63, 3.8) is 0 Å². The second-order valence-corrected chi connectivity index (χ2v) is 6.66. The van der Waals surface area contributed by atoms with Crippen LogP contribution >= 0.6 is 0 Å². The van der Waals surface area contributed by atoms with Crippen molar-refractivity contribution in [3.8, 4) is 11.6 Å². The van der Waals surface area contributed by atoms with Gasteiger partial charge in [-0.05, 0) is 33.6 Å². The molecular weight excluding hydrogens is 298 g/mol. The van der Waals surface area contributed by atoms with E-state index in [-0.39, 0.29) is 12.0 Å². The molecule has 0 aromatic carbocycles. The molecule has 1 aliphatic rings. The first-order chi connectivity index (χ1) is 10.9. The quantitative estimate of drug-likeness (QED) is 0.913. The molecule has 1 amide bonds. The highest BCUT2D eigenvalue weighted by molar-refractivity contribution is 5.68. The van der Waals surface area contributed by atoms with Gasteiger partial charge in [0, 0.05) is 25.5 Å². The summed E-state index contributed by atoms with van der Waals surface area (Å²) in [5.41, 5.74) is -0.499. The molecular formula is C15H21N5O3. The lowest BCUT2D eigenvalue weighted by molar-refractivity contribution is 0.0189. The Balaban J connectivity index is 1.68. The molecule has 3 heterocycles. The number of ether oxygens (including phenoxy) is 1. The fourth-order valence-electron chi connectivity index (χ4n) is 2.56. The van der Waals surface area contributed by atoms with E-state index in [1.165, 1.54) is 0 Å². The number of carbonyl (C=O) groups excluding carboxylic acids is 1. The predicted molar refractivity (Wildman–Crippen MR) is 81.7 cm³/mol. The molecule has 1 atom stereocenters. The molecule has 2 aromatic rings. The number of aromatic amines is 1. The molecule has 124 valence electrons. The number of hydrogen-bond donors (Lipinski definition) is 1. The van der Waals surface area contributed by atoms with Gasteiger partial charge in [0.2, 0.25) is 11.7 Å². The summed E-state index contributed by atoms with van der Waals surface area (Å²) < 4.78 is 10.8. The first-order valence-corrected chi connectivity index (χ1v) is 7.73. The van der Waals surface area contributed by atoms with Crippen LogP contribution in [0.2, 0.25) is 0 Å². The summed E-state index contributed by atoms with van der Waals surface area (Å²) in [7, 11) is 0. The van der Waals surface area contributed by atoms with Crippen LogP contribution in [0.4, 0.5) is 4.79 Å². The van der Waals surface area contributed by atoms with Gasteiger partial charge in [0.1, 0.15) is 5.60 Å². The van der Waals surface area contributed by atoms with Crippen molar-refractivity contribution in [1.82, 2.24) is 25.0 Å². The van der Waals surface area contributed by atoms with Crippen LogP contribution in [0.1, 0.15) is 45.4 Å². The fraction of sp³-hybridized carbons (Fsp3) is 0.600. The van der Waals surface area contributed by atoms with E-state index in [2.05, 4.69) is 20.1 Å². The molecule has 0 bridgehead atoms. The molecule has 0 aliphatic carbocycles. The Morgan fingerprint density at radius 1 is 1.48 bits per heavy atom. The van der Waals surface area contributed by atoms with Gasteiger partial charge in [-0.1, -0.05) is 5.16 Å². The third-order valence-electron chi connectivity index (χ3n) is 3.57. The van der Waals surface area contributed by atoms with Gasteiger partial charge in [0.25, 0.3) is 0 Å². The second-order valence-electron chi connectivity index (χ2n) is 6.66. The lowest BCUT2D eigenvalue weighted by Crippen LogP contribution is -2.42. The van der Waals surface area contributed by atoms with Crippen LogP contribution in [-0.2, 0) is 4.74 Å². The average molecular weight is 319 g/mol. The molecule has 3 rings (SSSR count). The summed E-state index contributed by atoms with van der Waals surface area (Å²) in [6, 6.07) is 0. The smallest absolute Gasteiger partial charge is 0.410 e. The van der Waals surface area contributed by atoms with E-state index in [0.717, 1.165) is 12.8 Å². The number of likely N-dealkylation sites (tertiary alicyclic amines) is 1. The van der Waals surface area contributed by atoms with Crippen LogP contribution in [-0.4, -0.2) is 49.8 Å². The van der Waals surface area contributed by atoms with Gasteiger partial charge >= 0.3 is 6.09 Å². The van der Waals surface area contributed by atoms with Crippen LogP contribution in [0.15, 0.2) is 16.9 Å². The number of nitrogens with one attached hydrogen (secondary N) is 1. The van der Waals surface area contributed by atoms with Crippen molar-refractivity contribution in [3.05, 3.63) is 18.3 Å². The van der Waals surface area contributed by atoms with E-state index in [9.17, 15) is 4.79 Å². The van der Waals surface area contributed by atoms with E-state index >= 15 is 0 Å². The molecule has 1 aliphatic heterocycles. The van der Waals surface area contributed by atoms with Crippen LogP contribution in [0.25, 0.3) is 11.6 Å². The van der Waals surface area contributed by atoms with Gasteiger partial charge < -0.3 is 19.1 Å². The zero-order valence-corrected chi connectivity index (χ0v) is 13.6. The van der Waals surface area contributed by atoms with E-state index in [1.807, 2.05) is 20.8 Å². The number of aromatic nitrogens is 4. The molecule has 0 saturated carbocycles. The maximum absolute atomic E-state index is 12.2. The van der Waals surface area contributed by atoms with Crippen LogP contribution in [0, 0.1) is 0 Å². The maximum atomic E-state index is 12.2. The number of H-pyrrole nitrogens is 1. The Hall–Kier alpha value is -2.38. The summed E-state index contributed by atoms with van der Waals surface area (Å²) >= 11 is 0. The first kappa shape index (κ1) is 15.5. The minimum atomic E-state index is -0.499. The van der Waals surface area contributed by atoms with E-state index in [1.54, 1.807) is 17.3 Å². The number of imidazole rings is 1. The van der Waals surface area contributed by atoms with Gasteiger partial charge in [0.05, 0.1) is 5.92 Å². The Morgan fingerprint density at radius 3 is 3.00 bits per heavy atom. The fourth-order valence-corrected chi connectivity index (χ4v) is 2.56. The predicted octanol–water partition coefficient (Wildman–Crippen LogP) is 2.57. The Kier molecular flexibility index (Phi) is 4.06. The van der Waals surface area contributed by atoms with Crippen LogP contribution in [0.5, 0.6) is 0 Å². The van der Waals surface area contributed by atoms with Crippen molar-refractivity contribution in [1.29, 1.82) is 0 Å². The van der Waals surface area contributed by atoms with Crippen LogP contribution in [0.3, 0.4) is 0 Å². The number of nitrogens with zero attached hydrogens (tertiary/aromatic N) is 4. The Labute approximate surface area is 134 Å². The lowest BCUT2D eigenvalue weighted by atomic mass is 9.98. The van der Waals surface area contributed by atoms with Gasteiger partial charge in [-0.3, -0.25) is 0 Å². The Morgan fingerprint density at radius 2 is 2.30 bits per heavy atom. The normalized spacial score (nSPS) is 18.9. The molecule has 0 spiro atoms. The standard InChI is InChI=1S/C15H21N5O3/c1-15(2,3)22-14(21)20-8-4-5-10(9-20)13-18-12(19-23-13)11-16-6-7-17-11/h6-7,10H,4-5,8-9H2,1-3H3,(H,16,17)/t10-/m0/s1. The average Bonchev–Trinajstić information content (AvgIpc) is 3.17. The zero-order valence-electron chi connectivity index (χ0n) is 13.6. The molecule has 0 unspecified atom stereocenters. The maximum Gasteiger partial charge on any atom is 0.410 e. The summed E-state index contributed by atoms with van der Waals surface area (Å²) in [5, 5.41) is 3.95. The van der Waals surface area contributed by atoms with Crippen molar-refractivity contribution >= 4 is 6.09 Å². The van der Waals surface area contributed by atoms with E-state index < -0.39 is 5.60 Å². The number of rotatable bonds is 2. The minimum Gasteiger partial charge on any atom is -0.444 e. The van der Waals surface area contributed by atoms with Gasteiger partial charge in [-0.25, -0.2) is 9.78 Å². The molecule has 8 nitrogen and oxygen atoms in total. The van der Waals surface area contributed by atoms with E-state index in [0.29, 0.717) is 30.6 Å². The largest absolute Gasteiger partial charge is 0.444 e. The SMILES string of the molecule is CC(C)(C)OC(=O)N1CCC[C@H](c2nc(-c3ncc[nH]3)no2)C1. The van der Waals surface area contributed by atoms with Crippen molar-refractivity contribution in [2.45, 2.75) is 45.1 Å². The van der Waals surface area contributed by atoms with Crippen LogP contribution < -0.4 is 0 Å². The van der Waals surface area contributed by atoms with E-state index in [4.69, 9.17) is 9.26 Å². The highest BCUT2D eigenvalue weighted by atomic mass is 16.6. The topological polar surface area (TPSA) is 97.1 Å². The molecule has 1 N–H and O–H groups in total. The third-order valence-corrected chi connectivity index (χ3v) is 3.57. The highest BCUT2D eigenvalue weighted by Crippen LogP contribution is 2.27. The molecule has 1 saturated heterocycles. The van der Waals surface area contributed by atoms with Gasteiger partial charge in [-0.15, -0.1) is 0 Å². The number of carbonyl (C=O) groups is 1. The monoisotopic (exact) mass is 319 g/mol. The zero-order chi connectivity index (χ0) is 16.4. The molecule has 2 aromatic heterocycles. The summed E-state index contributed by atoms with van der Waals surface area (Å²) in [5.74, 6) is 1.55. The number of piperidine rings is 1. The van der Waals surface area contributed by atoms with Gasteiger partial charge in [-0.2, -0.15) is 4.98 Å². The molecule has 8 heteroatoms. The summed E-state index contributed by atoms with van der Waals surface area (Å²) in [6.45, 7) is 6.79. The van der Waals surface area contributed by atoms with Crippen molar-refractivity contribution in [2.24, 2.45) is 0 Å². The van der Waals surface area contributed by atoms with Gasteiger partial charge in [0.15, 0.2) is 5.82 Å². The number of hydrogen-bond acceptors (Lipinski definition) is 6. The summed E-state index contributed by atoms with van der Waals surface area (Å²) in [4.78, 5) is 25.3. The third kappa shape index (κ3) is 3.69. The Bertz CT molecular complexity index is 659. The second kappa shape index (κ2) is 6.02. The first-order valence-electron chi connectivity index (χ1n) is 7.73. The molecule has 23 heavy (non-hydrogen) atoms. The number of amides is 1. The highest BCUT2D eigenvalue weighted by Gasteiger charge is 2.31. The van der Waals surface area contributed by atoms with Crippen molar-refractivity contribution < 1.29 is 14.1 Å². The molecule has 0 radical (unpaired) electrons. The van der Waals surface area contributed by atoms with Crippen molar-refractivity contribution in [2.75, 3.05) is 13.1 Å². The minimum absolute atomic E-state index is 0.0208. The summed E-state index contributed by atoms with van der Waals surface area (Å²) in [6.07, 6.45) is 4.82. The molecule has 1 fully saturated rings.